The first kappa shape index (κ1) is 16.5. The molecule has 0 fully saturated rings. The van der Waals surface area contributed by atoms with Crippen LogP contribution >= 0.6 is 15.9 Å². The smallest absolute Gasteiger partial charge is 0.323 e. The van der Waals surface area contributed by atoms with E-state index in [2.05, 4.69) is 36.5 Å². The second-order valence-electron chi connectivity index (χ2n) is 7.00. The SMILES string of the molecule is [2H]C([2H])(c1ccnc2[nH]ccc12)N1CCc2c(NC(=O)Nc3ccc(Br)cc3)cccc21. The Morgan fingerprint density at radius 3 is 2.90 bits per heavy atom. The first-order valence-corrected chi connectivity index (χ1v) is 10.4. The Kier molecular flexibility index (Phi) is 4.30. The molecule has 2 aromatic heterocycles. The molecule has 6 nitrogen and oxygen atoms in total. The second kappa shape index (κ2) is 7.84. The van der Waals surface area contributed by atoms with Crippen molar-refractivity contribution >= 4 is 50.1 Å². The molecule has 0 atom stereocenters. The minimum absolute atomic E-state index is 0.342. The van der Waals surface area contributed by atoms with Crippen LogP contribution in [-0.2, 0) is 12.9 Å². The minimum atomic E-state index is -1.74. The number of anilines is 3. The maximum Gasteiger partial charge on any atom is 0.323 e. The van der Waals surface area contributed by atoms with Crippen LogP contribution in [-0.4, -0.2) is 22.5 Å². The zero-order valence-electron chi connectivity index (χ0n) is 17.9. The van der Waals surface area contributed by atoms with Crippen molar-refractivity contribution in [3.05, 3.63) is 82.6 Å². The summed E-state index contributed by atoms with van der Waals surface area (Å²) in [4.78, 5) is 21.6. The molecule has 30 heavy (non-hydrogen) atoms. The molecule has 1 aliphatic rings. The van der Waals surface area contributed by atoms with Crippen LogP contribution < -0.4 is 15.5 Å². The van der Waals surface area contributed by atoms with E-state index in [0.717, 1.165) is 21.1 Å². The van der Waals surface area contributed by atoms with Crippen molar-refractivity contribution in [1.29, 1.82) is 0 Å². The third-order valence-electron chi connectivity index (χ3n) is 5.09. The van der Waals surface area contributed by atoms with Crippen LogP contribution in [0, 0.1) is 0 Å². The molecule has 0 saturated carbocycles. The summed E-state index contributed by atoms with van der Waals surface area (Å²) in [5, 5.41) is 6.50. The standard InChI is InChI=1S/C23H20BrN5O/c24-16-4-6-17(7-5-16)27-23(30)28-20-2-1-3-21-19(20)10-13-29(21)14-15-8-11-25-22-18(15)9-12-26-22/h1-9,11-12H,10,13-14H2,(H,25,26)(H2,27,28,30)/i14D2. The third-order valence-corrected chi connectivity index (χ3v) is 5.62. The number of aromatic amines is 1. The van der Waals surface area contributed by atoms with Gasteiger partial charge in [-0.1, -0.05) is 22.0 Å². The zero-order chi connectivity index (χ0) is 22.3. The molecular formula is C23H20BrN5O. The van der Waals surface area contributed by atoms with E-state index in [1.807, 2.05) is 48.5 Å². The van der Waals surface area contributed by atoms with Crippen molar-refractivity contribution in [2.75, 3.05) is 22.1 Å². The molecule has 3 heterocycles. The number of H-pyrrole nitrogens is 1. The highest BCUT2D eigenvalue weighted by Gasteiger charge is 2.23. The van der Waals surface area contributed by atoms with Crippen LogP contribution in [0.4, 0.5) is 21.9 Å². The number of urea groups is 1. The Bertz CT molecular complexity index is 1310. The van der Waals surface area contributed by atoms with Gasteiger partial charge in [0.25, 0.3) is 0 Å². The molecule has 7 heteroatoms. The molecule has 150 valence electrons. The van der Waals surface area contributed by atoms with Gasteiger partial charge in [0.05, 0.1) is 2.74 Å². The summed E-state index contributed by atoms with van der Waals surface area (Å²) in [7, 11) is 0. The van der Waals surface area contributed by atoms with Gasteiger partial charge in [0.15, 0.2) is 0 Å². The molecule has 2 amide bonds. The van der Waals surface area contributed by atoms with Gasteiger partial charge >= 0.3 is 6.03 Å². The van der Waals surface area contributed by atoms with Crippen molar-refractivity contribution in [3.8, 4) is 0 Å². The number of amides is 2. The van der Waals surface area contributed by atoms with Gasteiger partial charge in [0.2, 0.25) is 0 Å². The second-order valence-corrected chi connectivity index (χ2v) is 7.92. The largest absolute Gasteiger partial charge is 0.367 e. The first-order valence-electron chi connectivity index (χ1n) is 10.6. The summed E-state index contributed by atoms with van der Waals surface area (Å²) in [5.41, 5.74) is 4.27. The average Bonchev–Trinajstić information content (AvgIpc) is 3.43. The number of rotatable bonds is 4. The van der Waals surface area contributed by atoms with Gasteiger partial charge in [-0.15, -0.1) is 0 Å². The number of carbonyl (C=O) groups excluding carboxylic acids is 1. The number of carbonyl (C=O) groups is 1. The van der Waals surface area contributed by atoms with Crippen LogP contribution in [0.5, 0.6) is 0 Å². The quantitative estimate of drug-likeness (QED) is 0.372. The molecule has 0 saturated heterocycles. The lowest BCUT2D eigenvalue weighted by Crippen LogP contribution is -2.20. The molecule has 4 aromatic rings. The summed E-state index contributed by atoms with van der Waals surface area (Å²) in [6.07, 6.45) is 4.01. The lowest BCUT2D eigenvalue weighted by Gasteiger charge is -2.20. The van der Waals surface area contributed by atoms with Gasteiger partial charge in [0, 0.05) is 57.9 Å². The number of aromatic nitrogens is 2. The Balaban J connectivity index is 1.41. The lowest BCUT2D eigenvalue weighted by molar-refractivity contribution is 0.262. The van der Waals surface area contributed by atoms with Gasteiger partial charge in [-0.25, -0.2) is 9.78 Å². The van der Waals surface area contributed by atoms with Crippen molar-refractivity contribution in [1.82, 2.24) is 9.97 Å². The highest BCUT2D eigenvalue weighted by molar-refractivity contribution is 9.10. The van der Waals surface area contributed by atoms with Crippen molar-refractivity contribution in [2.45, 2.75) is 12.9 Å². The fraction of sp³-hybridized carbons (Fsp3) is 0.130. The summed E-state index contributed by atoms with van der Waals surface area (Å²) in [5.74, 6) is 0. The van der Waals surface area contributed by atoms with E-state index in [1.165, 1.54) is 0 Å². The van der Waals surface area contributed by atoms with E-state index in [-0.39, 0.29) is 6.03 Å². The molecule has 0 radical (unpaired) electrons. The number of fused-ring (bicyclic) bond motifs is 2. The molecule has 5 rings (SSSR count). The molecule has 2 aromatic carbocycles. The van der Waals surface area contributed by atoms with Crippen LogP contribution in [0.1, 0.15) is 13.9 Å². The summed E-state index contributed by atoms with van der Waals surface area (Å²) in [6, 6.07) is 16.1. The molecule has 0 bridgehead atoms. The number of halogens is 1. The predicted molar refractivity (Wildman–Crippen MR) is 124 cm³/mol. The van der Waals surface area contributed by atoms with Crippen LogP contribution in [0.15, 0.2) is 71.5 Å². The molecule has 3 N–H and O–H groups in total. The van der Waals surface area contributed by atoms with Gasteiger partial charge in [-0.2, -0.15) is 0 Å². The highest BCUT2D eigenvalue weighted by atomic mass is 79.9. The number of benzene rings is 2. The first-order chi connectivity index (χ1) is 15.4. The topological polar surface area (TPSA) is 73.0 Å². The zero-order valence-corrected chi connectivity index (χ0v) is 17.5. The number of hydrogen-bond donors (Lipinski definition) is 3. The molecule has 0 unspecified atom stereocenters. The van der Waals surface area contributed by atoms with E-state index in [0.29, 0.717) is 35.6 Å². The Morgan fingerprint density at radius 1 is 1.17 bits per heavy atom. The highest BCUT2D eigenvalue weighted by Crippen LogP contribution is 2.35. The van der Waals surface area contributed by atoms with Gasteiger partial charge in [-0.05, 0) is 60.5 Å². The number of nitrogens with zero attached hydrogens (tertiary/aromatic N) is 2. The fourth-order valence-electron chi connectivity index (χ4n) is 3.69. The van der Waals surface area contributed by atoms with Gasteiger partial charge < -0.3 is 20.5 Å². The monoisotopic (exact) mass is 463 g/mol. The number of pyridine rings is 1. The van der Waals surface area contributed by atoms with E-state index in [4.69, 9.17) is 2.74 Å². The molecule has 0 spiro atoms. The van der Waals surface area contributed by atoms with Crippen LogP contribution in [0.25, 0.3) is 11.0 Å². The Morgan fingerprint density at radius 2 is 2.03 bits per heavy atom. The van der Waals surface area contributed by atoms with E-state index < -0.39 is 6.50 Å². The van der Waals surface area contributed by atoms with Crippen molar-refractivity contribution < 1.29 is 7.54 Å². The van der Waals surface area contributed by atoms with E-state index in [9.17, 15) is 4.79 Å². The van der Waals surface area contributed by atoms with Crippen molar-refractivity contribution in [2.24, 2.45) is 0 Å². The van der Waals surface area contributed by atoms with Crippen molar-refractivity contribution in [3.63, 3.8) is 0 Å². The normalized spacial score (nSPS) is 14.2. The lowest BCUT2D eigenvalue weighted by atomic mass is 10.1. The Hall–Kier alpha value is -3.32. The molecule has 0 aliphatic carbocycles. The van der Waals surface area contributed by atoms with Crippen LogP contribution in [0.2, 0.25) is 0 Å². The minimum Gasteiger partial charge on any atom is -0.367 e. The fourth-order valence-corrected chi connectivity index (χ4v) is 3.95. The summed E-state index contributed by atoms with van der Waals surface area (Å²) >= 11 is 3.38. The van der Waals surface area contributed by atoms with Gasteiger partial charge in [-0.3, -0.25) is 0 Å². The summed E-state index contributed by atoms with van der Waals surface area (Å²) in [6.45, 7) is -1.24. The maximum atomic E-state index is 12.6. The van der Waals surface area contributed by atoms with E-state index >= 15 is 0 Å². The Labute approximate surface area is 185 Å². The number of nitrogens with one attached hydrogen (secondary N) is 3. The average molecular weight is 464 g/mol. The molecular weight excluding hydrogens is 442 g/mol. The van der Waals surface area contributed by atoms with Gasteiger partial charge in [0.1, 0.15) is 5.65 Å². The van der Waals surface area contributed by atoms with Crippen LogP contribution in [0.3, 0.4) is 0 Å². The summed E-state index contributed by atoms with van der Waals surface area (Å²) < 4.78 is 18.8. The number of hydrogen-bond acceptors (Lipinski definition) is 3. The van der Waals surface area contributed by atoms with E-state index in [1.54, 1.807) is 23.4 Å². The maximum absolute atomic E-state index is 12.6. The third kappa shape index (κ3) is 3.64. The molecule has 1 aliphatic heterocycles. The predicted octanol–water partition coefficient (Wildman–Crippen LogP) is 5.53.